The number of rotatable bonds is 3. The lowest BCUT2D eigenvalue weighted by Gasteiger charge is -2.12. The van der Waals surface area contributed by atoms with Crippen LogP contribution >= 0.6 is 0 Å². The molecule has 0 aliphatic rings. The summed E-state index contributed by atoms with van der Waals surface area (Å²) < 4.78 is 1.48. The van der Waals surface area contributed by atoms with Crippen LogP contribution in [-0.4, -0.2) is 25.7 Å². The van der Waals surface area contributed by atoms with Crippen LogP contribution < -0.4 is 5.32 Å². The van der Waals surface area contributed by atoms with Crippen LogP contribution in [0, 0.1) is 32.1 Å². The Morgan fingerprint density at radius 2 is 1.97 bits per heavy atom. The molecule has 4 aromatic rings. The van der Waals surface area contributed by atoms with Gasteiger partial charge in [-0.05, 0) is 56.2 Å². The number of fused-ring (bicyclic) bond motifs is 1. The zero-order valence-electron chi connectivity index (χ0n) is 16.3. The quantitative estimate of drug-likeness (QED) is 0.580. The molecule has 1 aromatic carbocycles. The molecule has 0 aliphatic heterocycles. The number of nitrogens with one attached hydrogen (secondary N) is 1. The summed E-state index contributed by atoms with van der Waals surface area (Å²) in [6.45, 7) is 6.08. The van der Waals surface area contributed by atoms with E-state index in [1.54, 1.807) is 18.3 Å². The average Bonchev–Trinajstić information content (AvgIpc) is 3.11. The highest BCUT2D eigenvalue weighted by Gasteiger charge is 2.18. The number of benzene rings is 1. The minimum Gasteiger partial charge on any atom is -0.305 e. The predicted octanol–water partition coefficient (Wildman–Crippen LogP) is 3.86. The second-order valence-corrected chi connectivity index (χ2v) is 6.90. The Hall–Kier alpha value is -4.05. The van der Waals surface area contributed by atoms with E-state index in [0.29, 0.717) is 11.4 Å². The Morgan fingerprint density at radius 3 is 2.69 bits per heavy atom. The number of aryl methyl sites for hydroxylation is 3. The Labute approximate surface area is 167 Å². The lowest BCUT2D eigenvalue weighted by molar-refractivity contribution is 0.102. The second kappa shape index (κ2) is 7.17. The smallest absolute Gasteiger partial charge is 0.258 e. The fourth-order valence-corrected chi connectivity index (χ4v) is 3.34. The zero-order valence-corrected chi connectivity index (χ0v) is 16.3. The van der Waals surface area contributed by atoms with Crippen molar-refractivity contribution in [1.82, 2.24) is 19.7 Å². The molecule has 0 atom stereocenters. The fourth-order valence-electron chi connectivity index (χ4n) is 3.34. The molecule has 1 N–H and O–H groups in total. The third-order valence-corrected chi connectivity index (χ3v) is 4.70. The first kappa shape index (κ1) is 18.3. The maximum atomic E-state index is 12.6. The molecule has 7 heteroatoms. The number of amides is 1. The Balaban J connectivity index is 1.83. The van der Waals surface area contributed by atoms with Gasteiger partial charge >= 0.3 is 0 Å². The van der Waals surface area contributed by atoms with E-state index in [-0.39, 0.29) is 17.3 Å². The van der Waals surface area contributed by atoms with E-state index in [4.69, 9.17) is 4.98 Å². The van der Waals surface area contributed by atoms with Gasteiger partial charge in [0.1, 0.15) is 11.6 Å². The van der Waals surface area contributed by atoms with E-state index < -0.39 is 0 Å². The van der Waals surface area contributed by atoms with Crippen LogP contribution in [0.25, 0.3) is 16.7 Å². The molecule has 0 spiro atoms. The average molecular weight is 382 g/mol. The highest BCUT2D eigenvalue weighted by atomic mass is 16.1. The van der Waals surface area contributed by atoms with Crippen LogP contribution in [0.4, 0.5) is 5.82 Å². The van der Waals surface area contributed by atoms with Gasteiger partial charge in [0.05, 0.1) is 17.3 Å². The number of carbonyl (C=O) groups excluding carboxylic acids is 1. The molecule has 0 aliphatic carbocycles. The van der Waals surface area contributed by atoms with Gasteiger partial charge in [-0.1, -0.05) is 11.6 Å². The standard InChI is InChI=1S/C22H18N6O/c1-13-7-15(3)20-18(8-13)14(2)9-19(26-20)28-21(17(10-23)12-25-28)27-22(29)16-5-4-6-24-11-16/h4-9,11-12H,1-3H3,(H,27,29). The summed E-state index contributed by atoms with van der Waals surface area (Å²) in [6.07, 6.45) is 4.47. The first-order chi connectivity index (χ1) is 14.0. The largest absolute Gasteiger partial charge is 0.305 e. The van der Waals surface area contributed by atoms with Crippen molar-refractivity contribution >= 4 is 22.6 Å². The van der Waals surface area contributed by atoms with E-state index >= 15 is 0 Å². The van der Waals surface area contributed by atoms with Crippen LogP contribution in [-0.2, 0) is 0 Å². The molecule has 4 rings (SSSR count). The third-order valence-electron chi connectivity index (χ3n) is 4.70. The van der Waals surface area contributed by atoms with Crippen LogP contribution in [0.15, 0.2) is 48.9 Å². The van der Waals surface area contributed by atoms with Crippen molar-refractivity contribution in [3.05, 3.63) is 76.7 Å². The molecule has 142 valence electrons. The molecular formula is C22H18N6O. The van der Waals surface area contributed by atoms with E-state index in [1.165, 1.54) is 22.6 Å². The molecule has 29 heavy (non-hydrogen) atoms. The number of aromatic nitrogens is 4. The maximum Gasteiger partial charge on any atom is 0.258 e. The first-order valence-corrected chi connectivity index (χ1v) is 9.06. The highest BCUT2D eigenvalue weighted by Crippen LogP contribution is 2.26. The Kier molecular flexibility index (Phi) is 4.53. The topological polar surface area (TPSA) is 96.5 Å². The van der Waals surface area contributed by atoms with Gasteiger partial charge in [-0.3, -0.25) is 9.78 Å². The number of pyridine rings is 2. The number of carbonyl (C=O) groups is 1. The Morgan fingerprint density at radius 1 is 1.14 bits per heavy atom. The summed E-state index contributed by atoms with van der Waals surface area (Å²) in [5.41, 5.74) is 4.77. The second-order valence-electron chi connectivity index (χ2n) is 6.90. The van der Waals surface area contributed by atoms with Crippen LogP contribution in [0.5, 0.6) is 0 Å². The van der Waals surface area contributed by atoms with Crippen molar-refractivity contribution in [3.63, 3.8) is 0 Å². The summed E-state index contributed by atoms with van der Waals surface area (Å²) in [5.74, 6) is 0.433. The monoisotopic (exact) mass is 382 g/mol. The van der Waals surface area contributed by atoms with Crippen LogP contribution in [0.2, 0.25) is 0 Å². The summed E-state index contributed by atoms with van der Waals surface area (Å²) in [6, 6.07) is 11.5. The van der Waals surface area contributed by atoms with Crippen molar-refractivity contribution in [2.75, 3.05) is 5.32 Å². The van der Waals surface area contributed by atoms with E-state index in [9.17, 15) is 10.1 Å². The molecule has 0 saturated heterocycles. The van der Waals surface area contributed by atoms with Gasteiger partial charge in [0, 0.05) is 17.8 Å². The van der Waals surface area contributed by atoms with Crippen LogP contribution in [0.3, 0.4) is 0 Å². The summed E-state index contributed by atoms with van der Waals surface area (Å²) in [4.78, 5) is 21.3. The molecule has 0 bridgehead atoms. The van der Waals surface area contributed by atoms with Gasteiger partial charge in [-0.15, -0.1) is 0 Å². The predicted molar refractivity (Wildman–Crippen MR) is 110 cm³/mol. The Bertz CT molecular complexity index is 1280. The third kappa shape index (κ3) is 3.32. The summed E-state index contributed by atoms with van der Waals surface area (Å²) in [5, 5.41) is 17.6. The normalized spacial score (nSPS) is 10.7. The van der Waals surface area contributed by atoms with Crippen molar-refractivity contribution < 1.29 is 4.79 Å². The van der Waals surface area contributed by atoms with Crippen molar-refractivity contribution in [1.29, 1.82) is 5.26 Å². The molecule has 7 nitrogen and oxygen atoms in total. The number of hydrogen-bond acceptors (Lipinski definition) is 5. The van der Waals surface area contributed by atoms with Gasteiger partial charge < -0.3 is 5.32 Å². The van der Waals surface area contributed by atoms with Crippen molar-refractivity contribution in [2.45, 2.75) is 20.8 Å². The van der Waals surface area contributed by atoms with Crippen molar-refractivity contribution in [3.8, 4) is 11.9 Å². The zero-order chi connectivity index (χ0) is 20.5. The van der Waals surface area contributed by atoms with Gasteiger partial charge in [-0.2, -0.15) is 15.0 Å². The molecule has 1 amide bonds. The van der Waals surface area contributed by atoms with Gasteiger partial charge in [0.25, 0.3) is 5.91 Å². The van der Waals surface area contributed by atoms with E-state index in [0.717, 1.165) is 22.0 Å². The molecule has 0 unspecified atom stereocenters. The van der Waals surface area contributed by atoms with Gasteiger partial charge in [-0.25, -0.2) is 4.98 Å². The number of nitriles is 1. The minimum absolute atomic E-state index is 0.252. The van der Waals surface area contributed by atoms with E-state index in [1.807, 2.05) is 19.9 Å². The van der Waals surface area contributed by atoms with Gasteiger partial charge in [0.15, 0.2) is 11.6 Å². The minimum atomic E-state index is -0.374. The lowest BCUT2D eigenvalue weighted by Crippen LogP contribution is -2.16. The molecule has 0 fully saturated rings. The molecule has 0 saturated carbocycles. The van der Waals surface area contributed by atoms with Crippen molar-refractivity contribution in [2.24, 2.45) is 0 Å². The van der Waals surface area contributed by atoms with Gasteiger partial charge in [0.2, 0.25) is 0 Å². The molecule has 0 radical (unpaired) electrons. The summed E-state index contributed by atoms with van der Waals surface area (Å²) >= 11 is 0. The lowest BCUT2D eigenvalue weighted by atomic mass is 10.0. The number of hydrogen-bond donors (Lipinski definition) is 1. The number of nitrogens with zero attached hydrogens (tertiary/aromatic N) is 5. The molecule has 3 aromatic heterocycles. The number of anilines is 1. The SMILES string of the molecule is Cc1cc(C)c2nc(-n3ncc(C#N)c3NC(=O)c3cccnc3)cc(C)c2c1. The molecule has 3 heterocycles. The first-order valence-electron chi connectivity index (χ1n) is 9.06. The maximum absolute atomic E-state index is 12.6. The highest BCUT2D eigenvalue weighted by molar-refractivity contribution is 6.04. The van der Waals surface area contributed by atoms with Crippen LogP contribution in [0.1, 0.15) is 32.6 Å². The van der Waals surface area contributed by atoms with E-state index in [2.05, 4.69) is 40.5 Å². The summed E-state index contributed by atoms with van der Waals surface area (Å²) in [7, 11) is 0. The fraction of sp³-hybridized carbons (Fsp3) is 0.136. The molecular weight excluding hydrogens is 364 g/mol.